The summed E-state index contributed by atoms with van der Waals surface area (Å²) in [5.41, 5.74) is 4.73. The Morgan fingerprint density at radius 1 is 1.23 bits per heavy atom. The molecular formula is C13H15N5O3S. The Bertz CT molecular complexity index is 759. The average molecular weight is 321 g/mol. The molecule has 0 saturated heterocycles. The van der Waals surface area contributed by atoms with Gasteiger partial charge in [-0.2, -0.15) is 0 Å². The number of amides is 2. The van der Waals surface area contributed by atoms with Crippen LogP contribution in [0.25, 0.3) is 9.69 Å². The maximum Gasteiger partial charge on any atom is 0.333 e. The highest BCUT2D eigenvalue weighted by Gasteiger charge is 2.18. The quantitative estimate of drug-likeness (QED) is 0.572. The lowest BCUT2D eigenvalue weighted by molar-refractivity contribution is 0.243. The van der Waals surface area contributed by atoms with Crippen molar-refractivity contribution >= 4 is 32.9 Å². The third kappa shape index (κ3) is 4.36. The van der Waals surface area contributed by atoms with E-state index in [-0.39, 0.29) is 22.0 Å². The molecule has 2 amide bonds. The summed E-state index contributed by atoms with van der Waals surface area (Å²) < 4.78 is 23.6. The van der Waals surface area contributed by atoms with Crippen molar-refractivity contribution in [3.8, 4) is 0 Å². The summed E-state index contributed by atoms with van der Waals surface area (Å²) in [5, 5.41) is 2.54. The second-order valence-electron chi connectivity index (χ2n) is 4.34. The van der Waals surface area contributed by atoms with E-state index in [0.717, 1.165) is 18.7 Å². The minimum absolute atomic E-state index is 0.000617. The molecule has 116 valence electrons. The highest BCUT2D eigenvalue weighted by atomic mass is 32.2. The second-order valence-corrected chi connectivity index (χ2v) is 6.32. The second kappa shape index (κ2) is 7.29. The van der Waals surface area contributed by atoms with E-state index in [9.17, 15) is 13.2 Å². The van der Waals surface area contributed by atoms with Crippen LogP contribution in [0.4, 0.5) is 21.9 Å². The van der Waals surface area contributed by atoms with Crippen LogP contribution in [0.15, 0.2) is 17.0 Å². The van der Waals surface area contributed by atoms with Gasteiger partial charge in [-0.3, -0.25) is 20.5 Å². The van der Waals surface area contributed by atoms with Gasteiger partial charge < -0.3 is 5.32 Å². The van der Waals surface area contributed by atoms with Crippen LogP contribution < -0.4 is 16.2 Å². The van der Waals surface area contributed by atoms with Crippen molar-refractivity contribution in [1.29, 1.82) is 0 Å². The number of rotatable bonds is 5. The molecule has 0 atom stereocenters. The summed E-state index contributed by atoms with van der Waals surface area (Å²) in [5.74, 6) is 0. The van der Waals surface area contributed by atoms with Crippen LogP contribution in [0.2, 0.25) is 0 Å². The van der Waals surface area contributed by atoms with Crippen molar-refractivity contribution in [3.05, 3.63) is 35.0 Å². The van der Waals surface area contributed by atoms with Gasteiger partial charge in [0.05, 0.1) is 23.7 Å². The third-order valence-corrected chi connectivity index (χ3v) is 3.70. The van der Waals surface area contributed by atoms with Gasteiger partial charge in [-0.15, -0.1) is 0 Å². The van der Waals surface area contributed by atoms with Gasteiger partial charge in [0.2, 0.25) is 0 Å². The Balaban J connectivity index is 3.15. The number of benzene rings is 1. The number of nitrogens with zero attached hydrogens (tertiary/aromatic N) is 2. The van der Waals surface area contributed by atoms with Crippen molar-refractivity contribution in [2.24, 2.45) is 0 Å². The Kier molecular flexibility index (Phi) is 5.72. The molecule has 1 aromatic carbocycles. The highest BCUT2D eigenvalue weighted by molar-refractivity contribution is 7.90. The van der Waals surface area contributed by atoms with E-state index in [1.54, 1.807) is 0 Å². The zero-order chi connectivity index (χ0) is 16.8. The predicted octanol–water partition coefficient (Wildman–Crippen LogP) is 2.23. The first kappa shape index (κ1) is 17.3. The topological polar surface area (TPSA) is 96.0 Å². The predicted molar refractivity (Wildman–Crippen MR) is 82.5 cm³/mol. The molecule has 0 saturated carbocycles. The van der Waals surface area contributed by atoms with Crippen LogP contribution in [0.3, 0.4) is 0 Å². The largest absolute Gasteiger partial charge is 0.337 e. The van der Waals surface area contributed by atoms with Gasteiger partial charge in [-0.1, -0.05) is 6.92 Å². The fourth-order valence-corrected chi connectivity index (χ4v) is 2.38. The molecule has 0 bridgehead atoms. The molecule has 0 heterocycles. The van der Waals surface area contributed by atoms with E-state index in [4.69, 9.17) is 13.1 Å². The number of anilines is 1. The first-order valence-electron chi connectivity index (χ1n) is 6.26. The number of hydrogen-bond acceptors (Lipinski definition) is 4. The molecule has 22 heavy (non-hydrogen) atoms. The Morgan fingerprint density at radius 3 is 2.32 bits per heavy atom. The van der Waals surface area contributed by atoms with Crippen LogP contribution in [0.1, 0.15) is 13.3 Å². The zero-order valence-electron chi connectivity index (χ0n) is 12.1. The van der Waals surface area contributed by atoms with E-state index in [2.05, 4.69) is 25.9 Å². The molecule has 1 rings (SSSR count). The molecule has 0 aliphatic rings. The van der Waals surface area contributed by atoms with Gasteiger partial charge in [-0.05, 0) is 18.6 Å². The van der Waals surface area contributed by atoms with Crippen LogP contribution in [-0.2, 0) is 9.84 Å². The van der Waals surface area contributed by atoms with Crippen LogP contribution in [-0.4, -0.2) is 27.2 Å². The smallest absolute Gasteiger partial charge is 0.333 e. The Labute approximate surface area is 129 Å². The number of urea groups is 1. The van der Waals surface area contributed by atoms with Gasteiger partial charge in [0, 0.05) is 12.8 Å². The molecule has 1 aromatic rings. The van der Waals surface area contributed by atoms with Crippen LogP contribution in [0.5, 0.6) is 0 Å². The van der Waals surface area contributed by atoms with Crippen molar-refractivity contribution in [1.82, 2.24) is 10.7 Å². The van der Waals surface area contributed by atoms with Crippen molar-refractivity contribution in [2.45, 2.75) is 18.2 Å². The van der Waals surface area contributed by atoms with Gasteiger partial charge in [0.1, 0.15) is 0 Å². The summed E-state index contributed by atoms with van der Waals surface area (Å²) in [6.07, 6.45) is 1.74. The average Bonchev–Trinajstić information content (AvgIpc) is 2.48. The fraction of sp³-hybridized carbons (Fsp3) is 0.308. The minimum Gasteiger partial charge on any atom is -0.337 e. The van der Waals surface area contributed by atoms with Crippen molar-refractivity contribution < 1.29 is 13.2 Å². The van der Waals surface area contributed by atoms with E-state index in [1.165, 1.54) is 6.07 Å². The maximum atomic E-state index is 11.8. The molecule has 9 heteroatoms. The molecule has 0 fully saturated rings. The van der Waals surface area contributed by atoms with E-state index < -0.39 is 15.9 Å². The Morgan fingerprint density at radius 2 is 1.82 bits per heavy atom. The number of hydrogen-bond donors (Lipinski definition) is 3. The number of nitrogens with one attached hydrogen (secondary N) is 3. The summed E-state index contributed by atoms with van der Waals surface area (Å²) in [6.45, 7) is 16.4. The summed E-state index contributed by atoms with van der Waals surface area (Å²) >= 11 is 0. The third-order valence-electron chi connectivity index (χ3n) is 2.56. The first-order chi connectivity index (χ1) is 10.3. The number of hydrazine groups is 1. The lowest BCUT2D eigenvalue weighted by atomic mass is 10.2. The maximum absolute atomic E-state index is 11.8. The summed E-state index contributed by atoms with van der Waals surface area (Å²) in [7, 11) is -3.64. The van der Waals surface area contributed by atoms with E-state index in [1.807, 2.05) is 6.92 Å². The van der Waals surface area contributed by atoms with Gasteiger partial charge in [-0.25, -0.2) is 13.2 Å². The lowest BCUT2D eigenvalue weighted by Crippen LogP contribution is -2.39. The summed E-state index contributed by atoms with van der Waals surface area (Å²) in [6, 6.07) is 1.81. The number of carbonyl (C=O) groups excluding carboxylic acids is 1. The van der Waals surface area contributed by atoms with Gasteiger partial charge >= 0.3 is 6.03 Å². The number of sulfone groups is 1. The molecule has 0 aliphatic heterocycles. The normalized spacial score (nSPS) is 10.2. The zero-order valence-corrected chi connectivity index (χ0v) is 12.9. The molecular weight excluding hydrogens is 306 g/mol. The van der Waals surface area contributed by atoms with Crippen LogP contribution >= 0.6 is 0 Å². The van der Waals surface area contributed by atoms with E-state index >= 15 is 0 Å². The van der Waals surface area contributed by atoms with E-state index in [0.29, 0.717) is 6.54 Å². The molecule has 3 N–H and O–H groups in total. The fourth-order valence-electron chi connectivity index (χ4n) is 1.55. The van der Waals surface area contributed by atoms with Gasteiger partial charge in [0.25, 0.3) is 0 Å². The monoisotopic (exact) mass is 321 g/mol. The molecule has 0 spiro atoms. The SMILES string of the molecule is [C-]#[N+]c1cc(NNC(=O)NCCC)c(S(C)(=O)=O)cc1[N+]#[C-]. The minimum atomic E-state index is -3.64. The standard InChI is InChI=1S/C13H15N5O3S/c1-5-6-16-13(19)18-17-11-7-9(14-2)10(15-3)8-12(11)22(4,20)21/h7-8,17H,5-6H2,1,4H3,(H2,16,18,19). The van der Waals surface area contributed by atoms with Gasteiger partial charge in [0.15, 0.2) is 21.2 Å². The Hall–Kier alpha value is -2.78. The highest BCUT2D eigenvalue weighted by Crippen LogP contribution is 2.36. The summed E-state index contributed by atoms with van der Waals surface area (Å²) in [4.78, 5) is 17.6. The number of carbonyl (C=O) groups is 1. The van der Waals surface area contributed by atoms with Crippen LogP contribution in [0, 0.1) is 13.1 Å². The van der Waals surface area contributed by atoms with Crippen molar-refractivity contribution in [3.63, 3.8) is 0 Å². The molecule has 8 nitrogen and oxygen atoms in total. The molecule has 0 aromatic heterocycles. The molecule has 0 unspecified atom stereocenters. The van der Waals surface area contributed by atoms with Crippen molar-refractivity contribution in [2.75, 3.05) is 18.2 Å². The molecule has 0 aliphatic carbocycles. The lowest BCUT2D eigenvalue weighted by Gasteiger charge is -2.14. The molecule has 0 radical (unpaired) electrons. The first-order valence-corrected chi connectivity index (χ1v) is 8.15.